The van der Waals surface area contributed by atoms with Crippen molar-refractivity contribution in [2.45, 2.75) is 13.3 Å². The van der Waals surface area contributed by atoms with Gasteiger partial charge in [0.2, 0.25) is 0 Å². The molecule has 0 aliphatic rings. The molecule has 0 atom stereocenters. The maximum Gasteiger partial charge on any atom is 0.108 e. The second kappa shape index (κ2) is 4.45. The molecule has 1 aromatic rings. The van der Waals surface area contributed by atoms with Crippen molar-refractivity contribution in [3.8, 4) is 0 Å². The zero-order valence-electron chi connectivity index (χ0n) is 7.42. The van der Waals surface area contributed by atoms with Crippen molar-refractivity contribution >= 4 is 21.6 Å². The van der Waals surface area contributed by atoms with Gasteiger partial charge in [-0.05, 0) is 34.5 Å². The highest BCUT2D eigenvalue weighted by molar-refractivity contribution is 9.10. The van der Waals surface area contributed by atoms with Crippen LogP contribution in [0.1, 0.15) is 13.3 Å². The number of nitrogens with zero attached hydrogens (tertiary/aromatic N) is 2. The maximum atomic E-state index is 4.07. The zero-order valence-corrected chi connectivity index (χ0v) is 9.00. The Balaban J connectivity index is 2.73. The predicted octanol–water partition coefficient (Wildman–Crippen LogP) is 2.69. The monoisotopic (exact) mass is 228 g/mol. The molecule has 0 bridgehead atoms. The van der Waals surface area contributed by atoms with Gasteiger partial charge in [-0.2, -0.15) is 0 Å². The van der Waals surface area contributed by atoms with Gasteiger partial charge in [0.1, 0.15) is 4.60 Å². The van der Waals surface area contributed by atoms with Gasteiger partial charge in [-0.15, -0.1) is 0 Å². The molecule has 0 N–H and O–H groups in total. The lowest BCUT2D eigenvalue weighted by Crippen LogP contribution is -2.17. The summed E-state index contributed by atoms with van der Waals surface area (Å²) >= 11 is 3.34. The van der Waals surface area contributed by atoms with Crippen LogP contribution in [0, 0.1) is 0 Å². The molecule has 3 heteroatoms. The third-order valence-electron chi connectivity index (χ3n) is 1.71. The van der Waals surface area contributed by atoms with E-state index < -0.39 is 0 Å². The molecule has 0 amide bonds. The third-order valence-corrected chi connectivity index (χ3v) is 2.14. The largest absolute Gasteiger partial charge is 0.374 e. The highest BCUT2D eigenvalue weighted by Gasteiger charge is 1.98. The summed E-state index contributed by atoms with van der Waals surface area (Å²) in [5.74, 6) is 0. The molecule has 0 aromatic carbocycles. The number of aromatic nitrogens is 1. The highest BCUT2D eigenvalue weighted by Crippen LogP contribution is 2.16. The van der Waals surface area contributed by atoms with Crippen LogP contribution in [0.5, 0.6) is 0 Å². The van der Waals surface area contributed by atoms with Crippen LogP contribution in [-0.2, 0) is 0 Å². The molecule has 0 aliphatic carbocycles. The van der Waals surface area contributed by atoms with Crippen LogP contribution in [0.2, 0.25) is 0 Å². The predicted molar refractivity (Wildman–Crippen MR) is 55.5 cm³/mol. The van der Waals surface area contributed by atoms with Crippen LogP contribution in [-0.4, -0.2) is 18.6 Å². The second-order valence-electron chi connectivity index (χ2n) is 2.76. The minimum Gasteiger partial charge on any atom is -0.374 e. The lowest BCUT2D eigenvalue weighted by molar-refractivity contribution is 0.850. The summed E-state index contributed by atoms with van der Waals surface area (Å²) in [4.78, 5) is 6.29. The maximum absolute atomic E-state index is 4.07. The summed E-state index contributed by atoms with van der Waals surface area (Å²) in [6.07, 6.45) is 2.97. The molecule has 1 heterocycles. The van der Waals surface area contributed by atoms with Gasteiger partial charge in [-0.25, -0.2) is 4.98 Å². The molecule has 0 saturated heterocycles. The Morgan fingerprint density at radius 1 is 1.58 bits per heavy atom. The van der Waals surface area contributed by atoms with E-state index >= 15 is 0 Å². The smallest absolute Gasteiger partial charge is 0.108 e. The Morgan fingerprint density at radius 2 is 2.33 bits per heavy atom. The van der Waals surface area contributed by atoms with Gasteiger partial charge >= 0.3 is 0 Å². The number of rotatable bonds is 3. The summed E-state index contributed by atoms with van der Waals surface area (Å²) < 4.78 is 0.892. The van der Waals surface area contributed by atoms with E-state index in [9.17, 15) is 0 Å². The molecular formula is C9H13BrN2. The standard InChI is InChI=1S/C9H13BrN2/c1-3-6-12(2)8-4-5-11-9(10)7-8/h4-5,7H,3,6H2,1-2H3. The van der Waals surface area contributed by atoms with Crippen molar-refractivity contribution in [2.75, 3.05) is 18.5 Å². The Morgan fingerprint density at radius 3 is 2.92 bits per heavy atom. The van der Waals surface area contributed by atoms with Gasteiger partial charge in [0.15, 0.2) is 0 Å². The third kappa shape index (κ3) is 2.48. The Kier molecular flexibility index (Phi) is 3.53. The van der Waals surface area contributed by atoms with Crippen molar-refractivity contribution in [1.82, 2.24) is 4.98 Å². The molecular weight excluding hydrogens is 216 g/mol. The van der Waals surface area contributed by atoms with Crippen molar-refractivity contribution in [3.63, 3.8) is 0 Å². The van der Waals surface area contributed by atoms with Gasteiger partial charge in [-0.3, -0.25) is 0 Å². The van der Waals surface area contributed by atoms with Crippen LogP contribution in [0.4, 0.5) is 5.69 Å². The summed E-state index contributed by atoms with van der Waals surface area (Å²) in [5.41, 5.74) is 1.21. The second-order valence-corrected chi connectivity index (χ2v) is 3.57. The van der Waals surface area contributed by atoms with Gasteiger partial charge in [0.25, 0.3) is 0 Å². The average molecular weight is 229 g/mol. The lowest BCUT2D eigenvalue weighted by atomic mass is 10.3. The number of pyridine rings is 1. The summed E-state index contributed by atoms with van der Waals surface area (Å²) in [6, 6.07) is 4.04. The van der Waals surface area contributed by atoms with Crippen molar-refractivity contribution in [2.24, 2.45) is 0 Å². The quantitative estimate of drug-likeness (QED) is 0.741. The van der Waals surface area contributed by atoms with E-state index in [0.29, 0.717) is 0 Å². The zero-order chi connectivity index (χ0) is 8.97. The molecule has 1 rings (SSSR count). The van der Waals surface area contributed by atoms with Crippen molar-refractivity contribution < 1.29 is 0 Å². The molecule has 0 radical (unpaired) electrons. The van der Waals surface area contributed by atoms with Gasteiger partial charge in [0.05, 0.1) is 0 Å². The summed E-state index contributed by atoms with van der Waals surface area (Å²) in [7, 11) is 2.09. The normalized spacial score (nSPS) is 9.92. The number of anilines is 1. The topological polar surface area (TPSA) is 16.1 Å². The summed E-state index contributed by atoms with van der Waals surface area (Å²) in [5, 5.41) is 0. The first-order chi connectivity index (χ1) is 5.74. The molecule has 1 aromatic heterocycles. The van der Waals surface area contributed by atoms with E-state index in [1.54, 1.807) is 0 Å². The molecule has 66 valence electrons. The first-order valence-corrected chi connectivity index (χ1v) is 4.86. The highest BCUT2D eigenvalue weighted by atomic mass is 79.9. The lowest BCUT2D eigenvalue weighted by Gasteiger charge is -2.17. The van der Waals surface area contributed by atoms with Crippen molar-refractivity contribution in [3.05, 3.63) is 22.9 Å². The minimum absolute atomic E-state index is 0.892. The van der Waals surface area contributed by atoms with Crippen molar-refractivity contribution in [1.29, 1.82) is 0 Å². The van der Waals surface area contributed by atoms with E-state index in [2.05, 4.69) is 39.8 Å². The van der Waals surface area contributed by atoms with Crippen LogP contribution >= 0.6 is 15.9 Å². The van der Waals surface area contributed by atoms with E-state index in [-0.39, 0.29) is 0 Å². The van der Waals surface area contributed by atoms with Crippen LogP contribution in [0.3, 0.4) is 0 Å². The van der Waals surface area contributed by atoms with Gasteiger partial charge in [0, 0.05) is 25.5 Å². The molecule has 12 heavy (non-hydrogen) atoms. The van der Waals surface area contributed by atoms with Crippen LogP contribution in [0.15, 0.2) is 22.9 Å². The Labute approximate surface area is 81.7 Å². The van der Waals surface area contributed by atoms with E-state index in [1.807, 2.05) is 18.3 Å². The van der Waals surface area contributed by atoms with Crippen LogP contribution < -0.4 is 4.90 Å². The number of hydrogen-bond donors (Lipinski definition) is 0. The van der Waals surface area contributed by atoms with E-state index in [0.717, 1.165) is 17.6 Å². The Bertz CT molecular complexity index is 250. The average Bonchev–Trinajstić information content (AvgIpc) is 2.05. The molecule has 0 spiro atoms. The minimum atomic E-state index is 0.892. The molecule has 0 fully saturated rings. The Hall–Kier alpha value is -0.570. The SMILES string of the molecule is CCCN(C)c1ccnc(Br)c1. The molecule has 0 unspecified atom stereocenters. The summed E-state index contributed by atoms with van der Waals surface area (Å²) in [6.45, 7) is 3.25. The van der Waals surface area contributed by atoms with Gasteiger partial charge < -0.3 is 4.90 Å². The van der Waals surface area contributed by atoms with Gasteiger partial charge in [-0.1, -0.05) is 6.92 Å². The van der Waals surface area contributed by atoms with E-state index in [4.69, 9.17) is 0 Å². The van der Waals surface area contributed by atoms with Crippen LogP contribution in [0.25, 0.3) is 0 Å². The number of halogens is 1. The number of hydrogen-bond acceptors (Lipinski definition) is 2. The molecule has 0 aliphatic heterocycles. The first-order valence-electron chi connectivity index (χ1n) is 4.06. The first kappa shape index (κ1) is 9.52. The van der Waals surface area contributed by atoms with E-state index in [1.165, 1.54) is 5.69 Å². The fourth-order valence-electron chi connectivity index (χ4n) is 1.09. The fourth-order valence-corrected chi connectivity index (χ4v) is 1.45. The molecule has 0 saturated carbocycles. The fraction of sp³-hybridized carbons (Fsp3) is 0.444. The molecule has 2 nitrogen and oxygen atoms in total.